The molecule has 23 heavy (non-hydrogen) atoms. The fourth-order valence-electron chi connectivity index (χ4n) is 2.66. The van der Waals surface area contributed by atoms with Crippen LogP contribution in [-0.2, 0) is 14.2 Å². The summed E-state index contributed by atoms with van der Waals surface area (Å²) in [7, 11) is 0. The van der Waals surface area contributed by atoms with Gasteiger partial charge in [0.1, 0.15) is 23.9 Å². The van der Waals surface area contributed by atoms with E-state index in [-0.39, 0.29) is 6.61 Å². The molecule has 0 aromatic carbocycles. The number of rotatable bonds is 3. The number of ether oxygens (including phenoxy) is 3. The highest BCUT2D eigenvalue weighted by Gasteiger charge is 2.44. The molecule has 0 unspecified atom stereocenters. The van der Waals surface area contributed by atoms with Crippen molar-refractivity contribution in [2.75, 3.05) is 13.2 Å². The zero-order valence-electron chi connectivity index (χ0n) is 14.4. The molecule has 2 rings (SSSR count). The highest BCUT2D eigenvalue weighted by molar-refractivity contribution is 5.70. The Morgan fingerprint density at radius 1 is 1.35 bits per heavy atom. The van der Waals surface area contributed by atoms with E-state index in [2.05, 4.69) is 0 Å². The summed E-state index contributed by atoms with van der Waals surface area (Å²) in [6.07, 6.45) is -0.0745. The van der Waals surface area contributed by atoms with Gasteiger partial charge in [-0.3, -0.25) is 4.90 Å². The molecule has 1 saturated heterocycles. The summed E-state index contributed by atoms with van der Waals surface area (Å²) in [6, 6.07) is -0.660. The number of amides is 1. The number of carbonyl (C=O) groups is 1. The van der Waals surface area contributed by atoms with Gasteiger partial charge in [0.15, 0.2) is 5.79 Å². The van der Waals surface area contributed by atoms with E-state index in [1.54, 1.807) is 46.8 Å². The summed E-state index contributed by atoms with van der Waals surface area (Å²) in [5, 5.41) is 20.9. The topological polar surface area (TPSA) is 88.5 Å². The summed E-state index contributed by atoms with van der Waals surface area (Å²) < 4.78 is 16.3. The van der Waals surface area contributed by atoms with Crippen molar-refractivity contribution in [2.45, 2.75) is 70.4 Å². The van der Waals surface area contributed by atoms with Crippen LogP contribution in [0, 0.1) is 0 Å². The summed E-state index contributed by atoms with van der Waals surface area (Å²) in [5.74, 6) is -0.790. The highest BCUT2D eigenvalue weighted by atomic mass is 16.7. The second kappa shape index (κ2) is 6.39. The summed E-state index contributed by atoms with van der Waals surface area (Å²) in [5.41, 5.74) is -0.625. The van der Waals surface area contributed by atoms with Gasteiger partial charge in [-0.25, -0.2) is 4.79 Å². The molecule has 4 atom stereocenters. The Morgan fingerprint density at radius 2 is 2.00 bits per heavy atom. The average molecular weight is 329 g/mol. The third kappa shape index (κ3) is 4.44. The summed E-state index contributed by atoms with van der Waals surface area (Å²) in [6.45, 7) is 9.34. The first-order valence-electron chi connectivity index (χ1n) is 7.84. The largest absolute Gasteiger partial charge is 0.444 e. The van der Waals surface area contributed by atoms with Crippen molar-refractivity contribution in [3.8, 4) is 0 Å². The van der Waals surface area contributed by atoms with E-state index in [9.17, 15) is 15.0 Å². The predicted octanol–water partition coefficient (Wildman–Crippen LogP) is 1.04. The van der Waals surface area contributed by atoms with Gasteiger partial charge in [0.25, 0.3) is 0 Å². The molecular weight excluding hydrogens is 302 g/mol. The van der Waals surface area contributed by atoms with Crippen LogP contribution in [-0.4, -0.2) is 70.1 Å². The zero-order chi connectivity index (χ0) is 17.4. The molecule has 1 fully saturated rings. The monoisotopic (exact) mass is 329 g/mol. The van der Waals surface area contributed by atoms with Gasteiger partial charge in [0.05, 0.1) is 12.6 Å². The van der Waals surface area contributed by atoms with Crippen molar-refractivity contribution in [3.05, 3.63) is 12.2 Å². The van der Waals surface area contributed by atoms with E-state index in [4.69, 9.17) is 14.2 Å². The Hall–Kier alpha value is -1.15. The fourth-order valence-corrected chi connectivity index (χ4v) is 2.66. The van der Waals surface area contributed by atoms with Crippen LogP contribution in [0.1, 0.15) is 34.6 Å². The van der Waals surface area contributed by atoms with Crippen LogP contribution in [0.25, 0.3) is 0 Å². The molecule has 0 aromatic rings. The van der Waals surface area contributed by atoms with Crippen LogP contribution in [0.5, 0.6) is 0 Å². The maximum absolute atomic E-state index is 12.2. The molecule has 2 heterocycles. The second-order valence-electron chi connectivity index (χ2n) is 7.40. The van der Waals surface area contributed by atoms with Gasteiger partial charge in [0.2, 0.25) is 0 Å². The fraction of sp³-hybridized carbons (Fsp3) is 0.812. The maximum Gasteiger partial charge on any atom is 0.411 e. The maximum atomic E-state index is 12.2. The lowest BCUT2D eigenvalue weighted by Crippen LogP contribution is -2.52. The average Bonchev–Trinajstić information content (AvgIpc) is 3.01. The van der Waals surface area contributed by atoms with E-state index in [0.29, 0.717) is 6.54 Å². The first kappa shape index (κ1) is 18.2. The first-order valence-corrected chi connectivity index (χ1v) is 7.84. The number of carbonyl (C=O) groups excluding carboxylic acids is 1. The SMILES string of the molecule is CC(C)(C)OC(=O)N1CC=C[C@H]1[C@H](O)[C@@H](O)[C@H]1COC(C)(C)O1. The summed E-state index contributed by atoms with van der Waals surface area (Å²) >= 11 is 0. The molecule has 7 nitrogen and oxygen atoms in total. The molecule has 0 aromatic heterocycles. The van der Waals surface area contributed by atoms with E-state index in [1.807, 2.05) is 0 Å². The number of nitrogens with zero attached hydrogens (tertiary/aromatic N) is 1. The Morgan fingerprint density at radius 3 is 2.52 bits per heavy atom. The van der Waals surface area contributed by atoms with Crippen molar-refractivity contribution >= 4 is 6.09 Å². The van der Waals surface area contributed by atoms with Crippen LogP contribution in [0.2, 0.25) is 0 Å². The lowest BCUT2D eigenvalue weighted by atomic mass is 10.0. The van der Waals surface area contributed by atoms with Gasteiger partial charge in [0, 0.05) is 6.54 Å². The van der Waals surface area contributed by atoms with Gasteiger partial charge in [-0.2, -0.15) is 0 Å². The zero-order valence-corrected chi connectivity index (χ0v) is 14.4. The molecule has 132 valence electrons. The highest BCUT2D eigenvalue weighted by Crippen LogP contribution is 2.28. The normalized spacial score (nSPS) is 29.6. The molecule has 0 radical (unpaired) electrons. The minimum atomic E-state index is -1.19. The molecule has 0 spiro atoms. The third-order valence-electron chi connectivity index (χ3n) is 3.73. The van der Waals surface area contributed by atoms with Gasteiger partial charge in [-0.15, -0.1) is 0 Å². The van der Waals surface area contributed by atoms with Gasteiger partial charge in [-0.05, 0) is 34.6 Å². The van der Waals surface area contributed by atoms with Crippen molar-refractivity contribution < 1.29 is 29.2 Å². The molecule has 7 heteroatoms. The molecular formula is C16H27NO6. The standard InChI is InChI=1S/C16H27NO6/c1-15(2,3)23-14(20)17-8-6-7-10(17)12(18)13(19)11-9-21-16(4,5)22-11/h6-7,10-13,18-19H,8-9H2,1-5H3/t10-,11+,12-,13-/m0/s1. The number of hydrogen-bond donors (Lipinski definition) is 2. The van der Waals surface area contributed by atoms with Crippen molar-refractivity contribution in [2.24, 2.45) is 0 Å². The van der Waals surface area contributed by atoms with Crippen LogP contribution in [0.15, 0.2) is 12.2 Å². The summed E-state index contributed by atoms with van der Waals surface area (Å²) in [4.78, 5) is 13.6. The van der Waals surface area contributed by atoms with E-state index >= 15 is 0 Å². The van der Waals surface area contributed by atoms with Gasteiger partial charge < -0.3 is 24.4 Å². The Bertz CT molecular complexity index is 470. The molecule has 0 bridgehead atoms. The lowest BCUT2D eigenvalue weighted by molar-refractivity contribution is -0.163. The number of aliphatic hydroxyl groups excluding tert-OH is 2. The number of hydrogen-bond acceptors (Lipinski definition) is 6. The van der Waals surface area contributed by atoms with Crippen molar-refractivity contribution in [1.29, 1.82) is 0 Å². The van der Waals surface area contributed by atoms with Crippen LogP contribution in [0.4, 0.5) is 4.79 Å². The van der Waals surface area contributed by atoms with E-state index in [0.717, 1.165) is 0 Å². The third-order valence-corrected chi connectivity index (χ3v) is 3.73. The quantitative estimate of drug-likeness (QED) is 0.752. The van der Waals surface area contributed by atoms with Crippen LogP contribution < -0.4 is 0 Å². The smallest absolute Gasteiger partial charge is 0.411 e. The predicted molar refractivity (Wildman–Crippen MR) is 82.8 cm³/mol. The van der Waals surface area contributed by atoms with Crippen LogP contribution in [0.3, 0.4) is 0 Å². The second-order valence-corrected chi connectivity index (χ2v) is 7.40. The Labute approximate surface area is 136 Å². The molecule has 2 aliphatic rings. The van der Waals surface area contributed by atoms with E-state index < -0.39 is 41.8 Å². The van der Waals surface area contributed by atoms with E-state index in [1.165, 1.54) is 4.90 Å². The van der Waals surface area contributed by atoms with Crippen LogP contribution >= 0.6 is 0 Å². The van der Waals surface area contributed by atoms with Gasteiger partial charge >= 0.3 is 6.09 Å². The Balaban J connectivity index is 2.01. The lowest BCUT2D eigenvalue weighted by Gasteiger charge is -2.33. The molecule has 2 N–H and O–H groups in total. The Kier molecular flexibility index (Phi) is 5.06. The minimum Gasteiger partial charge on any atom is -0.444 e. The molecule has 0 saturated carbocycles. The van der Waals surface area contributed by atoms with Crippen molar-refractivity contribution in [3.63, 3.8) is 0 Å². The minimum absolute atomic E-state index is 0.189. The first-order chi connectivity index (χ1) is 10.5. The molecule has 0 aliphatic carbocycles. The number of aliphatic hydroxyl groups is 2. The van der Waals surface area contributed by atoms with Gasteiger partial charge in [-0.1, -0.05) is 12.2 Å². The molecule has 2 aliphatic heterocycles. The van der Waals surface area contributed by atoms with Crippen molar-refractivity contribution in [1.82, 2.24) is 4.90 Å². The molecule has 1 amide bonds.